The molecule has 5 rings (SSSR count). The molecule has 5 aromatic rings. The lowest BCUT2D eigenvalue weighted by Crippen LogP contribution is -2.08. The van der Waals surface area contributed by atoms with Crippen molar-refractivity contribution in [3.05, 3.63) is 93.4 Å². The van der Waals surface area contributed by atoms with Crippen molar-refractivity contribution in [2.75, 3.05) is 6.61 Å². The molecule has 0 unspecified atom stereocenters. The Bertz CT molecular complexity index is 1730. The lowest BCUT2D eigenvalue weighted by atomic mass is 9.98. The first-order valence-corrected chi connectivity index (χ1v) is 14.6. The lowest BCUT2D eigenvalue weighted by Gasteiger charge is -2.12. The fourth-order valence-corrected chi connectivity index (χ4v) is 5.93. The van der Waals surface area contributed by atoms with E-state index >= 15 is 0 Å². The number of rotatable bonds is 11. The smallest absolute Gasteiger partial charge is 0.305 e. The van der Waals surface area contributed by atoms with Crippen LogP contribution in [-0.4, -0.2) is 42.0 Å². The van der Waals surface area contributed by atoms with Crippen molar-refractivity contribution in [3.63, 3.8) is 0 Å². The van der Waals surface area contributed by atoms with Crippen LogP contribution < -0.4 is 4.74 Å². The number of benzene rings is 2. The highest BCUT2D eigenvalue weighted by Crippen LogP contribution is 2.38. The summed E-state index contributed by atoms with van der Waals surface area (Å²) < 4.78 is 10.2. The van der Waals surface area contributed by atoms with Gasteiger partial charge in [0.25, 0.3) is 0 Å². The number of hydrogen-bond donors (Lipinski definition) is 1. The molecule has 0 spiro atoms. The minimum absolute atomic E-state index is 0.0410. The van der Waals surface area contributed by atoms with Crippen molar-refractivity contribution < 1.29 is 14.6 Å². The van der Waals surface area contributed by atoms with Crippen LogP contribution in [0.4, 0.5) is 0 Å². The van der Waals surface area contributed by atoms with Crippen LogP contribution in [0.5, 0.6) is 5.75 Å². The predicted octanol–water partition coefficient (Wildman–Crippen LogP) is 7.02. The molecule has 0 bridgehead atoms. The van der Waals surface area contributed by atoms with E-state index in [1.807, 2.05) is 37.6 Å². The number of carboxylic acid groups (broad SMARTS) is 1. The zero-order valence-electron chi connectivity index (χ0n) is 24.7. The Kier molecular flexibility index (Phi) is 8.64. The van der Waals surface area contributed by atoms with Gasteiger partial charge >= 0.3 is 5.97 Å². The Hall–Kier alpha value is -4.17. The van der Waals surface area contributed by atoms with Crippen LogP contribution in [0, 0.1) is 34.6 Å². The van der Waals surface area contributed by atoms with E-state index in [2.05, 4.69) is 46.6 Å². The molecule has 3 aromatic heterocycles. The Morgan fingerprint density at radius 1 is 1.00 bits per heavy atom. The number of para-hydroxylation sites is 1. The molecular formula is C33H36ClN5O3. The first kappa shape index (κ1) is 29.3. The van der Waals surface area contributed by atoms with Crippen molar-refractivity contribution >= 4 is 28.5 Å². The molecule has 0 atom stereocenters. The van der Waals surface area contributed by atoms with Crippen molar-refractivity contribution in [1.82, 2.24) is 24.3 Å². The Balaban J connectivity index is 1.49. The number of fused-ring (bicyclic) bond motifs is 1. The molecule has 9 heteroatoms. The number of carbonyl (C=O) groups is 1. The van der Waals surface area contributed by atoms with Crippen molar-refractivity contribution in [1.29, 1.82) is 0 Å². The van der Waals surface area contributed by atoms with Gasteiger partial charge in [0.1, 0.15) is 18.1 Å². The molecule has 0 aliphatic carbocycles. The molecule has 0 fully saturated rings. The van der Waals surface area contributed by atoms with E-state index in [9.17, 15) is 9.90 Å². The number of aryl methyl sites for hydroxylation is 5. The summed E-state index contributed by atoms with van der Waals surface area (Å²) in [4.78, 5) is 20.4. The second kappa shape index (κ2) is 12.4. The van der Waals surface area contributed by atoms with E-state index in [0.717, 1.165) is 73.9 Å². The molecule has 0 aliphatic heterocycles. The minimum atomic E-state index is -0.819. The number of ether oxygens (including phenoxy) is 1. The first-order chi connectivity index (χ1) is 20.2. The standard InChI is InChI=1S/C33H36ClN5O3/c1-20-17-25(18-21(2)32(20)34)42-16-7-11-26-23(4)38(15-12-30(40)41)33-27(26)9-6-10-28(33)31-22(3)37-39(24(31)5)19-29-35-13-8-14-36-29/h6,8-10,13-14,17-18H,7,11-12,15-16,19H2,1-5H3,(H,40,41). The van der Waals surface area contributed by atoms with E-state index in [1.165, 1.54) is 5.56 Å². The van der Waals surface area contributed by atoms with Gasteiger partial charge in [-0.25, -0.2) is 9.97 Å². The summed E-state index contributed by atoms with van der Waals surface area (Å²) >= 11 is 6.32. The zero-order chi connectivity index (χ0) is 30.0. The Morgan fingerprint density at radius 2 is 1.71 bits per heavy atom. The molecule has 0 radical (unpaired) electrons. The average molecular weight is 586 g/mol. The van der Waals surface area contributed by atoms with Gasteiger partial charge in [-0.2, -0.15) is 5.10 Å². The maximum absolute atomic E-state index is 11.6. The van der Waals surface area contributed by atoms with Crippen molar-refractivity contribution in [2.45, 2.75) is 67.0 Å². The highest BCUT2D eigenvalue weighted by molar-refractivity contribution is 6.32. The van der Waals surface area contributed by atoms with Crippen LogP contribution in [0.1, 0.15) is 52.4 Å². The maximum atomic E-state index is 11.6. The lowest BCUT2D eigenvalue weighted by molar-refractivity contribution is -0.137. The highest BCUT2D eigenvalue weighted by Gasteiger charge is 2.22. The summed E-state index contributed by atoms with van der Waals surface area (Å²) in [7, 11) is 0. The topological polar surface area (TPSA) is 95.1 Å². The molecule has 3 heterocycles. The predicted molar refractivity (Wildman–Crippen MR) is 165 cm³/mol. The normalized spacial score (nSPS) is 11.4. The van der Waals surface area contributed by atoms with Gasteiger partial charge in [0.05, 0.1) is 24.2 Å². The quantitative estimate of drug-likeness (QED) is 0.167. The number of halogens is 1. The third kappa shape index (κ3) is 5.90. The number of aromatic nitrogens is 5. The van der Waals surface area contributed by atoms with Gasteiger partial charge in [-0.1, -0.05) is 29.8 Å². The molecule has 218 valence electrons. The van der Waals surface area contributed by atoms with Gasteiger partial charge < -0.3 is 14.4 Å². The summed E-state index contributed by atoms with van der Waals surface area (Å²) in [5.74, 6) is 0.698. The van der Waals surface area contributed by atoms with Gasteiger partial charge in [0.2, 0.25) is 0 Å². The third-order valence-corrected chi connectivity index (χ3v) is 8.43. The molecule has 0 saturated heterocycles. The van der Waals surface area contributed by atoms with E-state index < -0.39 is 5.97 Å². The summed E-state index contributed by atoms with van der Waals surface area (Å²) in [5.41, 5.74) is 9.35. The average Bonchev–Trinajstić information content (AvgIpc) is 3.39. The number of aliphatic carboxylic acids is 1. The summed E-state index contributed by atoms with van der Waals surface area (Å²) in [5, 5.41) is 16.3. The maximum Gasteiger partial charge on any atom is 0.305 e. The van der Waals surface area contributed by atoms with Gasteiger partial charge in [-0.05, 0) is 82.3 Å². The summed E-state index contributed by atoms with van der Waals surface area (Å²) in [6.45, 7) is 11.6. The van der Waals surface area contributed by atoms with Crippen LogP contribution in [0.25, 0.3) is 22.0 Å². The molecule has 0 saturated carbocycles. The van der Waals surface area contributed by atoms with Crippen LogP contribution in [0.2, 0.25) is 5.02 Å². The number of hydrogen-bond acceptors (Lipinski definition) is 5. The van der Waals surface area contributed by atoms with E-state index in [4.69, 9.17) is 21.4 Å². The van der Waals surface area contributed by atoms with Gasteiger partial charge in [-0.15, -0.1) is 0 Å². The first-order valence-electron chi connectivity index (χ1n) is 14.2. The second-order valence-electron chi connectivity index (χ2n) is 10.8. The van der Waals surface area contributed by atoms with E-state index in [0.29, 0.717) is 25.5 Å². The van der Waals surface area contributed by atoms with Crippen molar-refractivity contribution in [2.24, 2.45) is 0 Å². The van der Waals surface area contributed by atoms with Gasteiger partial charge in [0.15, 0.2) is 0 Å². The van der Waals surface area contributed by atoms with Crippen molar-refractivity contribution in [3.8, 4) is 16.9 Å². The largest absolute Gasteiger partial charge is 0.494 e. The number of carboxylic acids is 1. The second-order valence-corrected chi connectivity index (χ2v) is 11.1. The molecule has 8 nitrogen and oxygen atoms in total. The van der Waals surface area contributed by atoms with Crippen LogP contribution in [0.15, 0.2) is 48.8 Å². The van der Waals surface area contributed by atoms with Crippen LogP contribution in [0.3, 0.4) is 0 Å². The summed E-state index contributed by atoms with van der Waals surface area (Å²) in [6, 6.07) is 12.1. The van der Waals surface area contributed by atoms with E-state index in [1.54, 1.807) is 18.5 Å². The van der Waals surface area contributed by atoms with Crippen LogP contribution >= 0.6 is 11.6 Å². The molecule has 42 heavy (non-hydrogen) atoms. The monoisotopic (exact) mass is 585 g/mol. The minimum Gasteiger partial charge on any atom is -0.494 e. The summed E-state index contributed by atoms with van der Waals surface area (Å²) in [6.07, 6.45) is 5.13. The number of nitrogens with zero attached hydrogens (tertiary/aromatic N) is 5. The fourth-order valence-electron chi connectivity index (χ4n) is 5.82. The highest BCUT2D eigenvalue weighted by atomic mass is 35.5. The fraction of sp³-hybridized carbons (Fsp3) is 0.333. The molecular weight excluding hydrogens is 550 g/mol. The van der Waals surface area contributed by atoms with E-state index in [-0.39, 0.29) is 6.42 Å². The van der Waals surface area contributed by atoms with Gasteiger partial charge in [-0.3, -0.25) is 9.48 Å². The Morgan fingerprint density at radius 3 is 2.40 bits per heavy atom. The molecule has 2 aromatic carbocycles. The zero-order valence-corrected chi connectivity index (χ0v) is 25.5. The van der Waals surface area contributed by atoms with Crippen LogP contribution in [-0.2, 0) is 24.3 Å². The Labute approximate surface area is 251 Å². The SMILES string of the molecule is Cc1cc(OCCCc2c(C)n(CCC(=O)O)c3c(-c4c(C)nn(Cc5ncccn5)c4C)cccc23)cc(C)c1Cl. The molecule has 0 amide bonds. The molecule has 1 N–H and O–H groups in total. The molecule has 0 aliphatic rings. The van der Waals surface area contributed by atoms with Gasteiger partial charge in [0, 0.05) is 51.9 Å². The third-order valence-electron chi connectivity index (χ3n) is 7.83.